The van der Waals surface area contributed by atoms with Crippen LogP contribution in [-0.4, -0.2) is 13.0 Å². The number of carbonyl (C=O) groups excluding carboxylic acids is 1. The fourth-order valence-corrected chi connectivity index (χ4v) is 2.31. The molecule has 0 saturated heterocycles. The largest absolute Gasteiger partial charge is 0.312 e. The van der Waals surface area contributed by atoms with Crippen LogP contribution in [0.5, 0.6) is 0 Å². The smallest absolute Gasteiger partial charge is 0.210 e. The Kier molecular flexibility index (Phi) is 10.5. The van der Waals surface area contributed by atoms with Crippen molar-refractivity contribution in [2.45, 2.75) is 60.7 Å². The summed E-state index contributed by atoms with van der Waals surface area (Å²) in [6, 6.07) is 4.59. The quantitative estimate of drug-likeness (QED) is 0.571. The molecule has 1 rings (SSSR count). The minimum Gasteiger partial charge on any atom is -0.312 e. The maximum atomic E-state index is 13.0. The average molecular weight is 340 g/mol. The molecule has 129 valence electrons. The summed E-state index contributed by atoms with van der Waals surface area (Å²) in [5, 5.41) is 0.0973. The van der Waals surface area contributed by atoms with E-state index < -0.39 is 5.82 Å². The van der Waals surface area contributed by atoms with Gasteiger partial charge in [-0.25, -0.2) is 4.39 Å². The first kappa shape index (κ1) is 22.2. The molecule has 0 amide bonds. The third-order valence-electron chi connectivity index (χ3n) is 4.24. The van der Waals surface area contributed by atoms with Gasteiger partial charge >= 0.3 is 0 Å². The Morgan fingerprint density at radius 1 is 1.17 bits per heavy atom. The highest BCUT2D eigenvalue weighted by Crippen LogP contribution is 2.27. The first-order valence-electron chi connectivity index (χ1n) is 8.40. The van der Waals surface area contributed by atoms with E-state index in [1.165, 1.54) is 19.4 Å². The van der Waals surface area contributed by atoms with Crippen LogP contribution in [-0.2, 0) is 4.79 Å². The van der Waals surface area contributed by atoms with E-state index in [9.17, 15) is 9.18 Å². The zero-order chi connectivity index (χ0) is 18.2. The van der Waals surface area contributed by atoms with E-state index in [-0.39, 0.29) is 22.4 Å². The van der Waals surface area contributed by atoms with Gasteiger partial charge in [0.25, 0.3) is 0 Å². The Labute approximate surface area is 147 Å². The van der Waals surface area contributed by atoms with Gasteiger partial charge in [0.15, 0.2) is 0 Å². The van der Waals surface area contributed by atoms with Crippen molar-refractivity contribution >= 4 is 24.6 Å². The molecule has 0 fully saturated rings. The molecule has 1 nitrogen and oxygen atoms in total. The lowest BCUT2D eigenvalue weighted by Crippen LogP contribution is -2.20. The van der Waals surface area contributed by atoms with Crippen LogP contribution in [0.15, 0.2) is 18.2 Å². The molecule has 0 saturated carbocycles. The van der Waals surface area contributed by atoms with Crippen molar-refractivity contribution in [3.05, 3.63) is 34.6 Å². The van der Waals surface area contributed by atoms with E-state index >= 15 is 0 Å². The van der Waals surface area contributed by atoms with Crippen LogP contribution in [0, 0.1) is 23.6 Å². The lowest BCUT2D eigenvalue weighted by molar-refractivity contribution is -0.110. The number of rotatable bonds is 6. The molecule has 2 atom stereocenters. The van der Waals surface area contributed by atoms with Crippen molar-refractivity contribution in [3.8, 4) is 0 Å². The molecule has 2 unspecified atom stereocenters. The normalized spacial score (nSPS) is 13.3. The molecule has 0 aliphatic rings. The number of halogens is 2. The highest BCUT2D eigenvalue weighted by molar-refractivity contribution is 6.74. The minimum atomic E-state index is -0.434. The van der Waals surface area contributed by atoms with E-state index in [0.29, 0.717) is 0 Å². The van der Waals surface area contributed by atoms with E-state index in [2.05, 4.69) is 27.7 Å². The predicted molar refractivity (Wildman–Crippen MR) is 99.7 cm³/mol. The lowest BCUT2D eigenvalue weighted by Gasteiger charge is -2.19. The van der Waals surface area contributed by atoms with Crippen molar-refractivity contribution in [1.82, 2.24) is 0 Å². The van der Waals surface area contributed by atoms with Crippen molar-refractivity contribution in [2.75, 3.05) is 0 Å². The van der Waals surface area contributed by atoms with Crippen LogP contribution in [0.4, 0.5) is 4.39 Å². The molecule has 1 radical (unpaired) electrons. The summed E-state index contributed by atoms with van der Waals surface area (Å²) >= 11 is 5.73. The number of benzene rings is 1. The molecule has 0 aromatic heterocycles. The van der Waals surface area contributed by atoms with Crippen LogP contribution in [0.3, 0.4) is 0 Å². The monoisotopic (exact) mass is 339 g/mol. The van der Waals surface area contributed by atoms with E-state index in [0.717, 1.165) is 17.4 Å². The summed E-state index contributed by atoms with van der Waals surface area (Å²) in [4.78, 5) is 11.1. The van der Waals surface area contributed by atoms with Gasteiger partial charge in [-0.1, -0.05) is 71.2 Å². The van der Waals surface area contributed by atoms with Crippen LogP contribution >= 0.6 is 11.6 Å². The number of carbonyl (C=O) groups is 1. The molecule has 1 aromatic carbocycles. The summed E-state index contributed by atoms with van der Waals surface area (Å²) < 4.78 is 13.0. The van der Waals surface area contributed by atoms with Crippen molar-refractivity contribution < 1.29 is 9.18 Å². The second-order valence-corrected chi connectivity index (χ2v) is 7.26. The summed E-state index contributed by atoms with van der Waals surface area (Å²) in [6.07, 6.45) is 1.32. The Balaban J connectivity index is 0.000000585. The topological polar surface area (TPSA) is 17.1 Å². The third kappa shape index (κ3) is 8.55. The Hall–Kier alpha value is -0.825. The maximum Gasteiger partial charge on any atom is 0.210 e. The molecule has 0 bridgehead atoms. The van der Waals surface area contributed by atoms with Gasteiger partial charge in [0, 0.05) is 0 Å². The second kappa shape index (κ2) is 10.9. The van der Waals surface area contributed by atoms with E-state index in [4.69, 9.17) is 11.6 Å². The van der Waals surface area contributed by atoms with Gasteiger partial charge in [0.1, 0.15) is 5.82 Å². The summed E-state index contributed by atoms with van der Waals surface area (Å²) in [6.45, 7) is 14.6. The zero-order valence-corrected chi connectivity index (χ0v) is 16.2. The van der Waals surface area contributed by atoms with Gasteiger partial charge in [-0.05, 0) is 42.6 Å². The highest BCUT2D eigenvalue weighted by atomic mass is 35.5. The van der Waals surface area contributed by atoms with Gasteiger partial charge in [0.05, 0.1) is 10.7 Å². The van der Waals surface area contributed by atoms with Gasteiger partial charge in [-0.3, -0.25) is 0 Å². The fraction of sp³-hybridized carbons (Fsp3) is 0.632. The van der Waals surface area contributed by atoms with Crippen LogP contribution in [0.25, 0.3) is 0 Å². The van der Waals surface area contributed by atoms with Crippen LogP contribution in [0.1, 0.15) is 66.3 Å². The molecular formula is C19H30BClFO. The lowest BCUT2D eigenvalue weighted by atomic mass is 9.55. The molecule has 0 aliphatic carbocycles. The first-order valence-corrected chi connectivity index (χ1v) is 8.78. The number of hydrogen-bond donors (Lipinski definition) is 0. The molecule has 4 heteroatoms. The standard InChI is InChI=1S/C12H14BClFO.C7H16/c1-7(2)12(13-8(3)16)9-4-5-11(15)10(14)6-9;1-5-7(4)6(2)3/h4-7,12H,1-3H3;6-7H,5H2,1-4H3. The highest BCUT2D eigenvalue weighted by Gasteiger charge is 2.20. The molecular weight excluding hydrogens is 309 g/mol. The number of hydrogen-bond acceptors (Lipinski definition) is 1. The minimum absolute atomic E-state index is 0.0131. The summed E-state index contributed by atoms with van der Waals surface area (Å²) in [5.41, 5.74) is 0.885. The van der Waals surface area contributed by atoms with Crippen molar-refractivity contribution in [3.63, 3.8) is 0 Å². The zero-order valence-electron chi connectivity index (χ0n) is 15.5. The molecule has 1 aromatic rings. The molecule has 0 N–H and O–H groups in total. The van der Waals surface area contributed by atoms with Gasteiger partial charge in [-0.2, -0.15) is 0 Å². The van der Waals surface area contributed by atoms with Gasteiger partial charge in [0.2, 0.25) is 7.28 Å². The molecule has 0 spiro atoms. The molecule has 23 heavy (non-hydrogen) atoms. The van der Waals surface area contributed by atoms with Crippen LogP contribution < -0.4 is 0 Å². The Morgan fingerprint density at radius 3 is 2.04 bits per heavy atom. The second-order valence-electron chi connectivity index (χ2n) is 6.85. The van der Waals surface area contributed by atoms with E-state index in [1.807, 2.05) is 13.8 Å². The summed E-state index contributed by atoms with van der Waals surface area (Å²) in [5.74, 6) is 1.58. The van der Waals surface area contributed by atoms with Crippen molar-refractivity contribution in [1.29, 1.82) is 0 Å². The molecule has 0 aliphatic heterocycles. The van der Waals surface area contributed by atoms with E-state index in [1.54, 1.807) is 19.4 Å². The maximum absolute atomic E-state index is 13.0. The predicted octanol–water partition coefficient (Wildman–Crippen LogP) is 6.12. The van der Waals surface area contributed by atoms with Gasteiger partial charge in [-0.15, -0.1) is 0 Å². The fourth-order valence-electron chi connectivity index (χ4n) is 2.12. The average Bonchev–Trinajstić information content (AvgIpc) is 2.47. The van der Waals surface area contributed by atoms with Gasteiger partial charge < -0.3 is 4.79 Å². The summed E-state index contributed by atoms with van der Waals surface area (Å²) in [7, 11) is 1.65. The Morgan fingerprint density at radius 2 is 1.74 bits per heavy atom. The first-order chi connectivity index (χ1) is 10.6. The van der Waals surface area contributed by atoms with Crippen molar-refractivity contribution in [2.24, 2.45) is 17.8 Å². The van der Waals surface area contributed by atoms with Crippen LogP contribution in [0.2, 0.25) is 5.02 Å². The molecule has 0 heterocycles. The Bertz CT molecular complexity index is 488. The SMILES string of the molecule is CC(=O)[B]C(c1ccc(F)c(Cl)c1)C(C)C.CCC(C)C(C)C. The third-order valence-corrected chi connectivity index (χ3v) is 4.53.